The maximum Gasteiger partial charge on any atom is 0.213 e. The van der Waals surface area contributed by atoms with Crippen LogP contribution in [0.4, 0.5) is 0 Å². The normalized spacial score (nSPS) is 12.7. The van der Waals surface area contributed by atoms with Crippen molar-refractivity contribution in [1.29, 1.82) is 0 Å². The fraction of sp³-hybridized carbons (Fsp3) is 0.353. The summed E-state index contributed by atoms with van der Waals surface area (Å²) < 4.78 is 5.69. The molecule has 0 radical (unpaired) electrons. The molecule has 0 unspecified atom stereocenters. The highest BCUT2D eigenvalue weighted by Crippen LogP contribution is 2.33. The third-order valence-corrected chi connectivity index (χ3v) is 3.64. The summed E-state index contributed by atoms with van der Waals surface area (Å²) >= 11 is 0. The average Bonchev–Trinajstić information content (AvgIpc) is 2.47. The third-order valence-electron chi connectivity index (χ3n) is 3.64. The van der Waals surface area contributed by atoms with Crippen LogP contribution >= 0.6 is 0 Å². The lowest BCUT2D eigenvalue weighted by molar-refractivity contribution is 0.297. The van der Waals surface area contributed by atoms with E-state index in [1.54, 1.807) is 0 Å². The van der Waals surface area contributed by atoms with Crippen LogP contribution in [0.3, 0.4) is 0 Å². The van der Waals surface area contributed by atoms with Crippen LogP contribution in [0.2, 0.25) is 0 Å². The standard InChI is InChI=1S/C17H19NO/c1-2-3-12-19-17-11-9-15-14-7-5-4-6-13(14)8-10-16(15)18-17/h4-7,9,11H,2-3,8,10,12H2,1H3. The molecule has 0 N–H and O–H groups in total. The summed E-state index contributed by atoms with van der Waals surface area (Å²) in [4.78, 5) is 4.66. The van der Waals surface area contributed by atoms with Crippen molar-refractivity contribution in [3.8, 4) is 17.0 Å². The van der Waals surface area contributed by atoms with Gasteiger partial charge in [0.2, 0.25) is 5.88 Å². The summed E-state index contributed by atoms with van der Waals surface area (Å²) in [5.41, 5.74) is 5.20. The Morgan fingerprint density at radius 2 is 1.95 bits per heavy atom. The zero-order valence-electron chi connectivity index (χ0n) is 11.4. The number of unbranched alkanes of at least 4 members (excludes halogenated alkanes) is 1. The number of ether oxygens (including phenoxy) is 1. The van der Waals surface area contributed by atoms with E-state index in [0.717, 1.165) is 38.2 Å². The highest BCUT2D eigenvalue weighted by molar-refractivity contribution is 5.71. The van der Waals surface area contributed by atoms with Gasteiger partial charge in [0.25, 0.3) is 0 Å². The number of aromatic nitrogens is 1. The van der Waals surface area contributed by atoms with Crippen molar-refractivity contribution in [2.75, 3.05) is 6.61 Å². The van der Waals surface area contributed by atoms with Gasteiger partial charge in [-0.05, 0) is 36.5 Å². The molecule has 0 saturated carbocycles. The minimum absolute atomic E-state index is 0.763. The molecular weight excluding hydrogens is 234 g/mol. The molecule has 1 aromatic carbocycles. The van der Waals surface area contributed by atoms with E-state index < -0.39 is 0 Å². The van der Waals surface area contributed by atoms with E-state index in [1.165, 1.54) is 22.4 Å². The zero-order chi connectivity index (χ0) is 13.1. The SMILES string of the molecule is CCCCOc1ccc2c(n1)CCc1ccccc1-2. The summed E-state index contributed by atoms with van der Waals surface area (Å²) in [5, 5.41) is 0. The summed E-state index contributed by atoms with van der Waals surface area (Å²) in [6.07, 6.45) is 4.33. The van der Waals surface area contributed by atoms with Gasteiger partial charge >= 0.3 is 0 Å². The molecule has 98 valence electrons. The smallest absolute Gasteiger partial charge is 0.213 e. The van der Waals surface area contributed by atoms with Crippen molar-refractivity contribution in [2.45, 2.75) is 32.6 Å². The van der Waals surface area contributed by atoms with Crippen LogP contribution < -0.4 is 4.74 Å². The van der Waals surface area contributed by atoms with Crippen molar-refractivity contribution in [3.63, 3.8) is 0 Å². The maximum atomic E-state index is 5.69. The summed E-state index contributed by atoms with van der Waals surface area (Å²) in [5.74, 6) is 0.770. The average molecular weight is 253 g/mol. The van der Waals surface area contributed by atoms with E-state index >= 15 is 0 Å². The molecule has 0 amide bonds. The van der Waals surface area contributed by atoms with Crippen LogP contribution in [0.25, 0.3) is 11.1 Å². The zero-order valence-corrected chi connectivity index (χ0v) is 11.4. The molecule has 0 fully saturated rings. The van der Waals surface area contributed by atoms with Crippen LogP contribution in [0.1, 0.15) is 31.0 Å². The van der Waals surface area contributed by atoms with Gasteiger partial charge < -0.3 is 4.74 Å². The molecular formula is C17H19NO. The second-order valence-electron chi connectivity index (χ2n) is 5.00. The van der Waals surface area contributed by atoms with Crippen molar-refractivity contribution >= 4 is 0 Å². The van der Waals surface area contributed by atoms with Crippen molar-refractivity contribution in [1.82, 2.24) is 4.98 Å². The minimum Gasteiger partial charge on any atom is -0.478 e. The lowest BCUT2D eigenvalue weighted by Gasteiger charge is -2.19. The second kappa shape index (κ2) is 5.43. The Balaban J connectivity index is 1.87. The molecule has 2 heteroatoms. The third kappa shape index (κ3) is 2.48. The van der Waals surface area contributed by atoms with Crippen LogP contribution in [-0.4, -0.2) is 11.6 Å². The van der Waals surface area contributed by atoms with Crippen molar-refractivity contribution in [3.05, 3.63) is 47.7 Å². The molecule has 0 spiro atoms. The van der Waals surface area contributed by atoms with Crippen molar-refractivity contribution in [2.24, 2.45) is 0 Å². The molecule has 1 aliphatic carbocycles. The summed E-state index contributed by atoms with van der Waals surface area (Å²) in [6.45, 7) is 2.93. The molecule has 1 heterocycles. The Kier molecular flexibility index (Phi) is 3.49. The second-order valence-corrected chi connectivity index (χ2v) is 5.00. The quantitative estimate of drug-likeness (QED) is 0.768. The largest absolute Gasteiger partial charge is 0.478 e. The van der Waals surface area contributed by atoms with E-state index in [-0.39, 0.29) is 0 Å². The number of rotatable bonds is 4. The molecule has 0 saturated heterocycles. The predicted octanol–water partition coefficient (Wildman–Crippen LogP) is 4.03. The Labute approximate surface area is 114 Å². The van der Waals surface area contributed by atoms with Gasteiger partial charge in [-0.15, -0.1) is 0 Å². The lowest BCUT2D eigenvalue weighted by Crippen LogP contribution is -2.07. The van der Waals surface area contributed by atoms with Gasteiger partial charge in [0, 0.05) is 11.6 Å². The van der Waals surface area contributed by atoms with E-state index in [4.69, 9.17) is 4.74 Å². The van der Waals surface area contributed by atoms with E-state index in [9.17, 15) is 0 Å². The first-order chi connectivity index (χ1) is 9.38. The van der Waals surface area contributed by atoms with E-state index in [0.29, 0.717) is 0 Å². The Morgan fingerprint density at radius 1 is 1.05 bits per heavy atom. The number of benzene rings is 1. The summed E-state index contributed by atoms with van der Waals surface area (Å²) in [6, 6.07) is 12.8. The molecule has 0 bridgehead atoms. The number of fused-ring (bicyclic) bond motifs is 3. The van der Waals surface area contributed by atoms with Crippen LogP contribution in [-0.2, 0) is 12.8 Å². The van der Waals surface area contributed by atoms with E-state index in [1.807, 2.05) is 6.07 Å². The monoisotopic (exact) mass is 253 g/mol. The number of hydrogen-bond donors (Lipinski definition) is 0. The van der Waals surface area contributed by atoms with Gasteiger partial charge in [-0.3, -0.25) is 0 Å². The van der Waals surface area contributed by atoms with Crippen LogP contribution in [0.5, 0.6) is 5.88 Å². The molecule has 3 rings (SSSR count). The molecule has 2 nitrogen and oxygen atoms in total. The Morgan fingerprint density at radius 3 is 2.84 bits per heavy atom. The predicted molar refractivity (Wildman–Crippen MR) is 77.5 cm³/mol. The fourth-order valence-electron chi connectivity index (χ4n) is 2.57. The highest BCUT2D eigenvalue weighted by atomic mass is 16.5. The molecule has 1 aromatic heterocycles. The van der Waals surface area contributed by atoms with Crippen molar-refractivity contribution < 1.29 is 4.74 Å². The van der Waals surface area contributed by atoms with Gasteiger partial charge in [-0.25, -0.2) is 4.98 Å². The first kappa shape index (κ1) is 12.2. The molecule has 0 atom stereocenters. The Bertz CT molecular complexity index is 577. The van der Waals surface area contributed by atoms with Gasteiger partial charge in [0.15, 0.2) is 0 Å². The fourth-order valence-corrected chi connectivity index (χ4v) is 2.57. The molecule has 1 aliphatic rings. The number of pyridine rings is 1. The first-order valence-corrected chi connectivity index (χ1v) is 7.09. The van der Waals surface area contributed by atoms with Crippen LogP contribution in [0.15, 0.2) is 36.4 Å². The minimum atomic E-state index is 0.763. The van der Waals surface area contributed by atoms with Gasteiger partial charge in [-0.2, -0.15) is 0 Å². The molecule has 2 aromatic rings. The summed E-state index contributed by atoms with van der Waals surface area (Å²) in [7, 11) is 0. The maximum absolute atomic E-state index is 5.69. The van der Waals surface area contributed by atoms with Crippen LogP contribution in [0, 0.1) is 0 Å². The lowest BCUT2D eigenvalue weighted by atomic mass is 9.89. The van der Waals surface area contributed by atoms with Gasteiger partial charge in [0.1, 0.15) is 0 Å². The topological polar surface area (TPSA) is 22.1 Å². The van der Waals surface area contributed by atoms with E-state index in [2.05, 4.69) is 42.2 Å². The highest BCUT2D eigenvalue weighted by Gasteiger charge is 2.17. The molecule has 19 heavy (non-hydrogen) atoms. The number of hydrogen-bond acceptors (Lipinski definition) is 2. The molecule has 0 aliphatic heterocycles. The first-order valence-electron chi connectivity index (χ1n) is 7.09. The Hall–Kier alpha value is -1.83. The number of aryl methyl sites for hydroxylation is 2. The van der Waals surface area contributed by atoms with Gasteiger partial charge in [0.05, 0.1) is 12.3 Å². The van der Waals surface area contributed by atoms with Gasteiger partial charge in [-0.1, -0.05) is 37.6 Å². The number of nitrogens with zero attached hydrogens (tertiary/aromatic N) is 1.